The number of guanidine groups is 1. The molecular weight excluding hydrogens is 502 g/mol. The van der Waals surface area contributed by atoms with E-state index in [-0.39, 0.29) is 35.8 Å². The maximum atomic E-state index is 14.0. The number of nitrogens with zero attached hydrogens (tertiary/aromatic N) is 4. The first-order valence-corrected chi connectivity index (χ1v) is 10.8. The summed E-state index contributed by atoms with van der Waals surface area (Å²) in [5, 5.41) is 7.93. The first-order chi connectivity index (χ1) is 13.6. The van der Waals surface area contributed by atoms with Gasteiger partial charge in [0, 0.05) is 49.7 Å². The molecule has 0 saturated carbocycles. The van der Waals surface area contributed by atoms with Crippen molar-refractivity contribution in [3.05, 3.63) is 39.7 Å². The fraction of sp³-hybridized carbons (Fsp3) is 0.550. The lowest BCUT2D eigenvalue weighted by Gasteiger charge is -2.19. The smallest absolute Gasteiger partial charge is 0.191 e. The molecule has 1 saturated heterocycles. The quantitative estimate of drug-likeness (QED) is 0.325. The Morgan fingerprint density at radius 1 is 1.41 bits per heavy atom. The number of nitrogens with one attached hydrogen (secondary N) is 2. The van der Waals surface area contributed by atoms with Crippen molar-refractivity contribution in [1.82, 2.24) is 20.6 Å². The number of aliphatic imine (C=N–C) groups is 1. The van der Waals surface area contributed by atoms with Gasteiger partial charge in [-0.25, -0.2) is 14.4 Å². The Kier molecular flexibility index (Phi) is 9.54. The summed E-state index contributed by atoms with van der Waals surface area (Å²) in [6, 6.07) is 3.29. The van der Waals surface area contributed by atoms with Gasteiger partial charge in [0.15, 0.2) is 17.6 Å². The van der Waals surface area contributed by atoms with Gasteiger partial charge in [-0.15, -0.1) is 35.3 Å². The molecule has 9 heteroatoms. The van der Waals surface area contributed by atoms with E-state index in [9.17, 15) is 4.39 Å². The van der Waals surface area contributed by atoms with E-state index in [4.69, 9.17) is 4.99 Å². The Balaban J connectivity index is 0.00000300. The highest BCUT2D eigenvalue weighted by atomic mass is 127. The molecule has 3 heterocycles. The normalized spacial score (nSPS) is 16.6. The zero-order chi connectivity index (χ0) is 19.9. The number of hydrogen-bond acceptors (Lipinski definition) is 5. The second-order valence-electron chi connectivity index (χ2n) is 6.86. The van der Waals surface area contributed by atoms with Crippen LogP contribution in [0.4, 0.5) is 10.2 Å². The lowest BCUT2D eigenvalue weighted by atomic mass is 10.3. The summed E-state index contributed by atoms with van der Waals surface area (Å²) in [5.74, 6) is 0.966. The van der Waals surface area contributed by atoms with E-state index in [0.717, 1.165) is 43.3 Å². The Hall–Kier alpha value is -1.49. The topological polar surface area (TPSA) is 65.4 Å². The largest absolute Gasteiger partial charge is 0.357 e. The van der Waals surface area contributed by atoms with Gasteiger partial charge in [0.1, 0.15) is 0 Å². The summed E-state index contributed by atoms with van der Waals surface area (Å²) in [4.78, 5) is 16.9. The van der Waals surface area contributed by atoms with Gasteiger partial charge in [-0.05, 0) is 38.8 Å². The molecule has 0 bridgehead atoms. The summed E-state index contributed by atoms with van der Waals surface area (Å²) in [6.07, 6.45) is 4.38. The van der Waals surface area contributed by atoms with Crippen molar-refractivity contribution in [2.45, 2.75) is 46.1 Å². The third-order valence-electron chi connectivity index (χ3n) is 4.78. The van der Waals surface area contributed by atoms with E-state index in [1.54, 1.807) is 23.6 Å². The van der Waals surface area contributed by atoms with Crippen LogP contribution >= 0.6 is 35.3 Å². The van der Waals surface area contributed by atoms with Gasteiger partial charge < -0.3 is 15.5 Å². The highest BCUT2D eigenvalue weighted by Gasteiger charge is 2.25. The molecule has 2 aromatic rings. The Morgan fingerprint density at radius 3 is 2.93 bits per heavy atom. The van der Waals surface area contributed by atoms with Gasteiger partial charge in [-0.3, -0.25) is 4.99 Å². The third kappa shape index (κ3) is 6.50. The van der Waals surface area contributed by atoms with Crippen molar-refractivity contribution < 1.29 is 4.39 Å². The van der Waals surface area contributed by atoms with E-state index in [1.807, 2.05) is 4.90 Å². The molecule has 1 unspecified atom stereocenters. The van der Waals surface area contributed by atoms with Crippen LogP contribution in [0.2, 0.25) is 0 Å². The van der Waals surface area contributed by atoms with Gasteiger partial charge in [0.05, 0.1) is 10.7 Å². The van der Waals surface area contributed by atoms with Crippen molar-refractivity contribution in [3.63, 3.8) is 0 Å². The molecular formula is C20H30FIN6S. The van der Waals surface area contributed by atoms with E-state index >= 15 is 0 Å². The maximum absolute atomic E-state index is 14.0. The summed E-state index contributed by atoms with van der Waals surface area (Å²) in [7, 11) is 0. The minimum atomic E-state index is -0.270. The predicted molar refractivity (Wildman–Crippen MR) is 129 cm³/mol. The number of pyridine rings is 1. The molecule has 160 valence electrons. The van der Waals surface area contributed by atoms with Crippen molar-refractivity contribution in [2.75, 3.05) is 31.1 Å². The molecule has 2 N–H and O–H groups in total. The summed E-state index contributed by atoms with van der Waals surface area (Å²) in [6.45, 7) is 9.31. The van der Waals surface area contributed by atoms with Gasteiger partial charge in [-0.1, -0.05) is 6.92 Å². The molecule has 6 nitrogen and oxygen atoms in total. The maximum Gasteiger partial charge on any atom is 0.191 e. The van der Waals surface area contributed by atoms with Crippen LogP contribution in [0.15, 0.2) is 23.3 Å². The summed E-state index contributed by atoms with van der Waals surface area (Å²) < 4.78 is 14.0. The van der Waals surface area contributed by atoms with Crippen LogP contribution in [-0.4, -0.2) is 48.1 Å². The number of halogens is 2. The van der Waals surface area contributed by atoms with Crippen molar-refractivity contribution in [3.8, 4) is 0 Å². The molecule has 1 fully saturated rings. The molecule has 0 aliphatic carbocycles. The first kappa shape index (κ1) is 23.8. The van der Waals surface area contributed by atoms with Crippen LogP contribution < -0.4 is 15.5 Å². The molecule has 1 aliphatic rings. The van der Waals surface area contributed by atoms with Crippen LogP contribution in [0.1, 0.15) is 35.8 Å². The minimum absolute atomic E-state index is 0. The van der Waals surface area contributed by atoms with Crippen LogP contribution in [0.3, 0.4) is 0 Å². The van der Waals surface area contributed by atoms with E-state index in [1.165, 1.54) is 16.6 Å². The monoisotopic (exact) mass is 532 g/mol. The van der Waals surface area contributed by atoms with Crippen molar-refractivity contribution >= 4 is 47.1 Å². The number of rotatable bonds is 7. The van der Waals surface area contributed by atoms with Crippen LogP contribution in [0.25, 0.3) is 0 Å². The average Bonchev–Trinajstić information content (AvgIpc) is 3.28. The van der Waals surface area contributed by atoms with E-state index in [0.29, 0.717) is 18.9 Å². The lowest BCUT2D eigenvalue weighted by Crippen LogP contribution is -2.44. The third-order valence-corrected chi connectivity index (χ3v) is 5.85. The molecule has 0 aromatic carbocycles. The first-order valence-electron chi connectivity index (χ1n) is 9.96. The molecule has 0 radical (unpaired) electrons. The zero-order valence-corrected chi connectivity index (χ0v) is 20.4. The second kappa shape index (κ2) is 11.6. The molecule has 2 aromatic heterocycles. The van der Waals surface area contributed by atoms with Gasteiger partial charge in [0.2, 0.25) is 0 Å². The molecule has 0 amide bonds. The average molecular weight is 532 g/mol. The number of thiazole rings is 1. The molecule has 0 spiro atoms. The van der Waals surface area contributed by atoms with E-state index in [2.05, 4.69) is 41.4 Å². The number of aryl methyl sites for hydroxylation is 2. The minimum Gasteiger partial charge on any atom is -0.357 e. The summed E-state index contributed by atoms with van der Waals surface area (Å²) >= 11 is 1.77. The fourth-order valence-electron chi connectivity index (χ4n) is 3.38. The number of anilines is 1. The Bertz CT molecular complexity index is 812. The van der Waals surface area contributed by atoms with Gasteiger partial charge in [0.25, 0.3) is 0 Å². The fourth-order valence-corrected chi connectivity index (χ4v) is 4.39. The Morgan fingerprint density at radius 2 is 2.24 bits per heavy atom. The highest BCUT2D eigenvalue weighted by Crippen LogP contribution is 2.21. The zero-order valence-electron chi connectivity index (χ0n) is 17.2. The van der Waals surface area contributed by atoms with Crippen molar-refractivity contribution in [1.29, 1.82) is 0 Å². The molecule has 29 heavy (non-hydrogen) atoms. The lowest BCUT2D eigenvalue weighted by molar-refractivity contribution is 0.612. The van der Waals surface area contributed by atoms with Gasteiger partial charge in [-0.2, -0.15) is 0 Å². The van der Waals surface area contributed by atoms with E-state index < -0.39 is 0 Å². The molecule has 1 aliphatic heterocycles. The Labute approximate surface area is 193 Å². The molecule has 1 atom stereocenters. The van der Waals surface area contributed by atoms with Crippen LogP contribution in [0, 0.1) is 12.7 Å². The SMILES string of the molecule is CCNC(=NCCc1nc(CC)c(C)s1)NC1CCN(c2ncccc2F)C1.I. The van der Waals surface area contributed by atoms with Crippen molar-refractivity contribution in [2.24, 2.45) is 4.99 Å². The number of hydrogen-bond donors (Lipinski definition) is 2. The molecule has 3 rings (SSSR count). The van der Waals surface area contributed by atoms with Crippen LogP contribution in [-0.2, 0) is 12.8 Å². The summed E-state index contributed by atoms with van der Waals surface area (Å²) in [5.41, 5.74) is 1.20. The second-order valence-corrected chi connectivity index (χ2v) is 8.15. The highest BCUT2D eigenvalue weighted by molar-refractivity contribution is 14.0. The van der Waals surface area contributed by atoms with Crippen LogP contribution in [0.5, 0.6) is 0 Å². The predicted octanol–water partition coefficient (Wildman–Crippen LogP) is 3.54. The van der Waals surface area contributed by atoms with Gasteiger partial charge >= 0.3 is 0 Å². The standard InChI is InChI=1S/C20H29FN6S.HI/c1-4-17-14(3)28-18(26-17)8-11-24-20(22-5-2)25-15-9-12-27(13-15)19-16(21)7-6-10-23-19;/h6-7,10,15H,4-5,8-9,11-13H2,1-3H3,(H2,22,24,25);1H. The number of aromatic nitrogens is 2.